The summed E-state index contributed by atoms with van der Waals surface area (Å²) in [5, 5.41) is 11.4. The van der Waals surface area contributed by atoms with Gasteiger partial charge < -0.3 is 9.26 Å². The normalized spacial score (nSPS) is 13.1. The molecule has 2 rings (SSSR count). The molecule has 0 saturated carbocycles. The summed E-state index contributed by atoms with van der Waals surface area (Å²) in [6.45, 7) is 7.20. The minimum absolute atomic E-state index is 0.166. The maximum atomic E-state index is 5.62. The summed E-state index contributed by atoms with van der Waals surface area (Å²) in [6, 6.07) is 0. The highest BCUT2D eigenvalue weighted by molar-refractivity contribution is 4.90. The van der Waals surface area contributed by atoms with Crippen LogP contribution in [0.15, 0.2) is 16.9 Å². The Morgan fingerprint density at radius 2 is 2.22 bits per heavy atom. The molecule has 7 nitrogen and oxygen atoms in total. The smallest absolute Gasteiger partial charge is 0.248 e. The van der Waals surface area contributed by atoms with Gasteiger partial charge in [-0.2, -0.15) is 4.98 Å². The Labute approximate surface area is 105 Å². The third-order valence-electron chi connectivity index (χ3n) is 2.30. The fourth-order valence-corrected chi connectivity index (χ4v) is 1.36. The molecule has 0 spiro atoms. The van der Waals surface area contributed by atoms with Crippen LogP contribution in [-0.2, 0) is 11.3 Å². The third-order valence-corrected chi connectivity index (χ3v) is 2.30. The summed E-state index contributed by atoms with van der Waals surface area (Å²) >= 11 is 0. The van der Waals surface area contributed by atoms with Crippen molar-refractivity contribution >= 4 is 0 Å². The van der Waals surface area contributed by atoms with Crippen molar-refractivity contribution in [1.82, 2.24) is 25.1 Å². The van der Waals surface area contributed by atoms with Gasteiger partial charge in [-0.15, -0.1) is 5.10 Å². The SMILES string of the molecule is CC(C)COC(C)c1noc(Cn2ccnn2)n1. The molecule has 0 bridgehead atoms. The quantitative estimate of drug-likeness (QED) is 0.773. The number of aromatic nitrogens is 5. The van der Waals surface area contributed by atoms with E-state index in [9.17, 15) is 0 Å². The molecule has 0 aliphatic carbocycles. The first-order chi connectivity index (χ1) is 8.65. The molecule has 0 amide bonds. The second-order valence-corrected chi connectivity index (χ2v) is 4.52. The van der Waals surface area contributed by atoms with E-state index in [4.69, 9.17) is 9.26 Å². The van der Waals surface area contributed by atoms with Gasteiger partial charge in [-0.25, -0.2) is 4.68 Å². The van der Waals surface area contributed by atoms with E-state index < -0.39 is 0 Å². The van der Waals surface area contributed by atoms with Crippen LogP contribution >= 0.6 is 0 Å². The molecule has 18 heavy (non-hydrogen) atoms. The van der Waals surface area contributed by atoms with Crippen molar-refractivity contribution in [3.05, 3.63) is 24.1 Å². The molecule has 2 aromatic rings. The Morgan fingerprint density at radius 3 is 2.89 bits per heavy atom. The maximum Gasteiger partial charge on any atom is 0.248 e. The van der Waals surface area contributed by atoms with Gasteiger partial charge in [-0.3, -0.25) is 0 Å². The van der Waals surface area contributed by atoms with Crippen LogP contribution in [0.3, 0.4) is 0 Å². The molecule has 7 heteroatoms. The Bertz CT molecular complexity index is 465. The molecule has 2 heterocycles. The van der Waals surface area contributed by atoms with E-state index in [1.165, 1.54) is 0 Å². The predicted octanol–water partition coefficient (Wildman–Crippen LogP) is 1.44. The van der Waals surface area contributed by atoms with E-state index in [-0.39, 0.29) is 6.10 Å². The summed E-state index contributed by atoms with van der Waals surface area (Å²) in [5.41, 5.74) is 0. The second kappa shape index (κ2) is 5.72. The van der Waals surface area contributed by atoms with Crippen LogP contribution in [0.25, 0.3) is 0 Å². The maximum absolute atomic E-state index is 5.62. The average Bonchev–Trinajstić information content (AvgIpc) is 2.98. The highest BCUT2D eigenvalue weighted by atomic mass is 16.5. The summed E-state index contributed by atoms with van der Waals surface area (Å²) in [5.74, 6) is 1.54. The van der Waals surface area contributed by atoms with Gasteiger partial charge >= 0.3 is 0 Å². The van der Waals surface area contributed by atoms with E-state index in [0.29, 0.717) is 30.8 Å². The summed E-state index contributed by atoms with van der Waals surface area (Å²) in [6.07, 6.45) is 3.18. The van der Waals surface area contributed by atoms with E-state index in [1.54, 1.807) is 17.1 Å². The first kappa shape index (κ1) is 12.7. The first-order valence-corrected chi connectivity index (χ1v) is 5.93. The molecule has 0 aliphatic rings. The van der Waals surface area contributed by atoms with Gasteiger partial charge in [-0.1, -0.05) is 24.2 Å². The monoisotopic (exact) mass is 251 g/mol. The predicted molar refractivity (Wildman–Crippen MR) is 62.6 cm³/mol. The molecule has 0 fully saturated rings. The molecule has 1 unspecified atom stereocenters. The molecule has 0 aliphatic heterocycles. The molecule has 0 saturated heterocycles. The lowest BCUT2D eigenvalue weighted by molar-refractivity contribution is 0.0402. The van der Waals surface area contributed by atoms with Crippen LogP contribution in [0.1, 0.15) is 38.6 Å². The lowest BCUT2D eigenvalue weighted by atomic mass is 10.2. The van der Waals surface area contributed by atoms with E-state index in [0.717, 1.165) is 0 Å². The molecule has 98 valence electrons. The van der Waals surface area contributed by atoms with Gasteiger partial charge in [0.15, 0.2) is 5.82 Å². The van der Waals surface area contributed by atoms with Gasteiger partial charge in [0.25, 0.3) is 0 Å². The average molecular weight is 251 g/mol. The van der Waals surface area contributed by atoms with Crippen molar-refractivity contribution in [1.29, 1.82) is 0 Å². The number of rotatable bonds is 6. The lowest BCUT2D eigenvalue weighted by Gasteiger charge is -2.10. The molecular formula is C11H17N5O2. The van der Waals surface area contributed by atoms with Crippen molar-refractivity contribution in [3.8, 4) is 0 Å². The van der Waals surface area contributed by atoms with E-state index in [2.05, 4.69) is 34.3 Å². The summed E-state index contributed by atoms with van der Waals surface area (Å²) < 4.78 is 12.4. The van der Waals surface area contributed by atoms with Crippen molar-refractivity contribution in [2.75, 3.05) is 6.61 Å². The molecular weight excluding hydrogens is 234 g/mol. The summed E-state index contributed by atoms with van der Waals surface area (Å²) in [7, 11) is 0. The minimum Gasteiger partial charge on any atom is -0.370 e. The van der Waals surface area contributed by atoms with E-state index >= 15 is 0 Å². The van der Waals surface area contributed by atoms with Crippen molar-refractivity contribution in [2.45, 2.75) is 33.4 Å². The number of ether oxygens (including phenoxy) is 1. The summed E-state index contributed by atoms with van der Waals surface area (Å²) in [4.78, 5) is 4.27. The molecule has 2 aromatic heterocycles. The highest BCUT2D eigenvalue weighted by Crippen LogP contribution is 2.14. The Balaban J connectivity index is 1.93. The van der Waals surface area contributed by atoms with Crippen LogP contribution < -0.4 is 0 Å². The zero-order valence-electron chi connectivity index (χ0n) is 10.8. The topological polar surface area (TPSA) is 78.9 Å². The Hall–Kier alpha value is -1.76. The molecule has 0 radical (unpaired) electrons. The highest BCUT2D eigenvalue weighted by Gasteiger charge is 2.15. The van der Waals surface area contributed by atoms with Gasteiger partial charge in [-0.05, 0) is 12.8 Å². The van der Waals surface area contributed by atoms with Gasteiger partial charge in [0.1, 0.15) is 12.6 Å². The largest absolute Gasteiger partial charge is 0.370 e. The van der Waals surface area contributed by atoms with Crippen LogP contribution in [0.5, 0.6) is 0 Å². The third kappa shape index (κ3) is 3.36. The van der Waals surface area contributed by atoms with Crippen LogP contribution in [0.2, 0.25) is 0 Å². The van der Waals surface area contributed by atoms with Gasteiger partial charge in [0, 0.05) is 12.8 Å². The standard InChI is InChI=1S/C11H17N5O2/c1-8(2)7-17-9(3)11-13-10(18-14-11)6-16-5-4-12-15-16/h4-5,8-9H,6-7H2,1-3H3. The minimum atomic E-state index is -0.166. The fraction of sp³-hybridized carbons (Fsp3) is 0.636. The Kier molecular flexibility index (Phi) is 4.03. The van der Waals surface area contributed by atoms with Crippen LogP contribution in [0.4, 0.5) is 0 Å². The zero-order valence-corrected chi connectivity index (χ0v) is 10.8. The number of hydrogen-bond donors (Lipinski definition) is 0. The van der Waals surface area contributed by atoms with Crippen molar-refractivity contribution in [2.24, 2.45) is 5.92 Å². The van der Waals surface area contributed by atoms with E-state index in [1.807, 2.05) is 6.92 Å². The van der Waals surface area contributed by atoms with Gasteiger partial charge in [0.05, 0.1) is 6.20 Å². The molecule has 1 atom stereocenters. The van der Waals surface area contributed by atoms with Crippen molar-refractivity contribution < 1.29 is 9.26 Å². The van der Waals surface area contributed by atoms with Gasteiger partial charge in [0.2, 0.25) is 5.89 Å². The lowest BCUT2D eigenvalue weighted by Crippen LogP contribution is -2.08. The zero-order chi connectivity index (χ0) is 13.0. The molecule has 0 aromatic carbocycles. The second-order valence-electron chi connectivity index (χ2n) is 4.52. The van der Waals surface area contributed by atoms with Crippen LogP contribution in [-0.4, -0.2) is 31.7 Å². The number of hydrogen-bond acceptors (Lipinski definition) is 6. The number of nitrogens with zero attached hydrogens (tertiary/aromatic N) is 5. The molecule has 0 N–H and O–H groups in total. The first-order valence-electron chi connectivity index (χ1n) is 5.93. The Morgan fingerprint density at radius 1 is 1.39 bits per heavy atom. The van der Waals surface area contributed by atoms with Crippen molar-refractivity contribution in [3.63, 3.8) is 0 Å². The van der Waals surface area contributed by atoms with Crippen LogP contribution in [0, 0.1) is 5.92 Å². The fourth-order valence-electron chi connectivity index (χ4n) is 1.36.